The molecule has 0 spiro atoms. The van der Waals surface area contributed by atoms with Crippen molar-refractivity contribution in [3.8, 4) is 0 Å². The molecule has 1 saturated heterocycles. The molecule has 3 aromatic heterocycles. The quantitative estimate of drug-likeness (QED) is 0.523. The van der Waals surface area contributed by atoms with Gasteiger partial charge in [-0.1, -0.05) is 0 Å². The normalized spacial score (nSPS) is 16.1. The molecule has 3 aromatic rings. The number of H-pyrrole nitrogens is 1. The lowest BCUT2D eigenvalue weighted by molar-refractivity contribution is 0.369. The molecular weight excluding hydrogens is 402 g/mol. The van der Waals surface area contributed by atoms with E-state index in [4.69, 9.17) is 0 Å². The third kappa shape index (κ3) is 2.88. The van der Waals surface area contributed by atoms with E-state index < -0.39 is 39.2 Å². The van der Waals surface area contributed by atoms with Crippen molar-refractivity contribution in [1.29, 1.82) is 0 Å². The maximum Gasteiger partial charge on any atom is 0.253 e. The van der Waals surface area contributed by atoms with Gasteiger partial charge in [-0.15, -0.1) is 0 Å². The molecule has 0 atom stereocenters. The van der Waals surface area contributed by atoms with E-state index in [2.05, 4.69) is 15.0 Å². The Morgan fingerprint density at radius 3 is 2.29 bits per heavy atom. The molecule has 0 amide bonds. The molecule has 0 aromatic carbocycles. The van der Waals surface area contributed by atoms with Gasteiger partial charge in [0.05, 0.1) is 0 Å². The summed E-state index contributed by atoms with van der Waals surface area (Å²) < 4.78 is 81.5. The minimum Gasteiger partial charge on any atom is -0.364 e. The predicted molar refractivity (Wildman–Crippen MR) is 91.1 cm³/mol. The van der Waals surface area contributed by atoms with Crippen LogP contribution in [0.5, 0.6) is 0 Å². The maximum atomic E-state index is 13.9. The van der Waals surface area contributed by atoms with E-state index >= 15 is 0 Å². The molecule has 0 bridgehead atoms. The number of hydrogen-bond donors (Lipinski definition) is 1. The Morgan fingerprint density at radius 1 is 1.00 bits per heavy atom. The fourth-order valence-corrected chi connectivity index (χ4v) is 4.76. The smallest absolute Gasteiger partial charge is 0.253 e. The second kappa shape index (κ2) is 6.71. The molecule has 0 radical (unpaired) electrons. The molecule has 12 heteroatoms. The van der Waals surface area contributed by atoms with E-state index in [0.29, 0.717) is 11.0 Å². The number of hydrogen-bond acceptors (Lipinski definition) is 5. The molecule has 7 nitrogen and oxygen atoms in total. The average Bonchev–Trinajstić information content (AvgIpc) is 3.12. The van der Waals surface area contributed by atoms with Crippen molar-refractivity contribution in [2.45, 2.75) is 4.90 Å². The number of halogens is 4. The first-order valence-corrected chi connectivity index (χ1v) is 9.62. The van der Waals surface area contributed by atoms with Crippen LogP contribution < -0.4 is 4.90 Å². The van der Waals surface area contributed by atoms with E-state index in [1.165, 1.54) is 12.4 Å². The number of aromatic amines is 1. The van der Waals surface area contributed by atoms with Crippen LogP contribution in [0.4, 0.5) is 23.2 Å². The Kier molecular flexibility index (Phi) is 4.46. The van der Waals surface area contributed by atoms with Gasteiger partial charge in [0.2, 0.25) is 21.7 Å². The van der Waals surface area contributed by atoms with Crippen LogP contribution in [0.1, 0.15) is 0 Å². The molecule has 1 aliphatic heterocycles. The van der Waals surface area contributed by atoms with Crippen molar-refractivity contribution in [2.24, 2.45) is 0 Å². The van der Waals surface area contributed by atoms with Crippen molar-refractivity contribution in [2.75, 3.05) is 31.1 Å². The van der Waals surface area contributed by atoms with E-state index in [1.807, 2.05) is 0 Å². The van der Waals surface area contributed by atoms with Gasteiger partial charge >= 0.3 is 0 Å². The zero-order valence-electron chi connectivity index (χ0n) is 14.2. The molecule has 148 valence electrons. The fourth-order valence-electron chi connectivity index (χ4n) is 3.19. The number of anilines is 1. The first kappa shape index (κ1) is 18.6. The monoisotopic (exact) mass is 415 g/mol. The highest BCUT2D eigenvalue weighted by molar-refractivity contribution is 7.89. The largest absolute Gasteiger partial charge is 0.364 e. The molecular formula is C16H13F4N5O2S. The number of pyridine rings is 2. The van der Waals surface area contributed by atoms with E-state index in [1.54, 1.807) is 12.1 Å². The highest BCUT2D eigenvalue weighted by Crippen LogP contribution is 2.29. The van der Waals surface area contributed by atoms with Gasteiger partial charge in [0.1, 0.15) is 16.2 Å². The molecule has 1 fully saturated rings. The predicted octanol–water partition coefficient (Wildman–Crippen LogP) is 2.03. The average molecular weight is 415 g/mol. The molecule has 0 aliphatic carbocycles. The van der Waals surface area contributed by atoms with Crippen LogP contribution in [0, 0.1) is 23.5 Å². The van der Waals surface area contributed by atoms with Gasteiger partial charge in [-0.05, 0) is 12.1 Å². The van der Waals surface area contributed by atoms with Crippen molar-refractivity contribution >= 4 is 26.7 Å². The van der Waals surface area contributed by atoms with Gasteiger partial charge in [0.15, 0.2) is 0 Å². The van der Waals surface area contributed by atoms with Gasteiger partial charge in [-0.2, -0.15) is 26.9 Å². The molecule has 4 rings (SSSR count). The second-order valence-electron chi connectivity index (χ2n) is 6.11. The molecule has 1 N–H and O–H groups in total. The van der Waals surface area contributed by atoms with Gasteiger partial charge in [-0.3, -0.25) is 0 Å². The number of sulfonamides is 1. The van der Waals surface area contributed by atoms with E-state index in [-0.39, 0.29) is 31.1 Å². The topological polar surface area (TPSA) is 82.2 Å². The van der Waals surface area contributed by atoms with Crippen LogP contribution in [0.2, 0.25) is 0 Å². The maximum absolute atomic E-state index is 13.9. The number of nitrogens with zero attached hydrogens (tertiary/aromatic N) is 4. The Morgan fingerprint density at radius 2 is 1.64 bits per heavy atom. The summed E-state index contributed by atoms with van der Waals surface area (Å²) in [4.78, 5) is 10.4. The zero-order chi connectivity index (χ0) is 20.1. The number of rotatable bonds is 3. The summed E-state index contributed by atoms with van der Waals surface area (Å²) in [6.45, 7) is -0.563. The highest BCUT2D eigenvalue weighted by Gasteiger charge is 2.33. The molecule has 28 heavy (non-hydrogen) atoms. The van der Waals surface area contributed by atoms with Crippen molar-refractivity contribution in [3.05, 3.63) is 48.1 Å². The summed E-state index contributed by atoms with van der Waals surface area (Å²) in [5, 5.41) is 0.417. The standard InChI is InChI=1S/C16H13F4N5O2S/c17-11-13(12(18)15(20)23-14(11)19)24-4-6-25(7-5-24)28(26,27)10-8-22-16-9(10)2-1-3-21-16/h1-3,8H,4-7H2,(H,21,22). The lowest BCUT2D eigenvalue weighted by Gasteiger charge is -2.35. The lowest BCUT2D eigenvalue weighted by Crippen LogP contribution is -2.49. The Labute approximate surface area is 156 Å². The summed E-state index contributed by atoms with van der Waals surface area (Å²) in [5.74, 6) is -6.73. The third-order valence-corrected chi connectivity index (χ3v) is 6.50. The number of aromatic nitrogens is 3. The van der Waals surface area contributed by atoms with Crippen LogP contribution >= 0.6 is 0 Å². The minimum absolute atomic E-state index is 0.0300. The van der Waals surface area contributed by atoms with Crippen molar-refractivity contribution in [1.82, 2.24) is 19.3 Å². The summed E-state index contributed by atoms with van der Waals surface area (Å²) >= 11 is 0. The van der Waals surface area contributed by atoms with Crippen molar-refractivity contribution < 1.29 is 26.0 Å². The first-order chi connectivity index (χ1) is 13.3. The number of piperazine rings is 1. The molecule has 0 unspecified atom stereocenters. The van der Waals surface area contributed by atoms with Gasteiger partial charge in [0, 0.05) is 44.0 Å². The SMILES string of the molecule is O=S(=O)(c1c[nH]c2ncccc12)N1CCN(c2c(F)c(F)nc(F)c2F)CC1. The number of fused-ring (bicyclic) bond motifs is 1. The van der Waals surface area contributed by atoms with Gasteiger partial charge in [0.25, 0.3) is 11.9 Å². The minimum atomic E-state index is -3.90. The zero-order valence-corrected chi connectivity index (χ0v) is 15.0. The van der Waals surface area contributed by atoms with E-state index in [0.717, 1.165) is 9.21 Å². The van der Waals surface area contributed by atoms with Crippen LogP contribution in [-0.4, -0.2) is 53.9 Å². The summed E-state index contributed by atoms with van der Waals surface area (Å²) in [6.07, 6.45) is 2.84. The third-order valence-electron chi connectivity index (χ3n) is 4.56. The van der Waals surface area contributed by atoms with Crippen LogP contribution in [-0.2, 0) is 10.0 Å². The van der Waals surface area contributed by atoms with Gasteiger partial charge < -0.3 is 9.88 Å². The first-order valence-electron chi connectivity index (χ1n) is 8.18. The Bertz CT molecular complexity index is 1130. The van der Waals surface area contributed by atoms with Crippen LogP contribution in [0.25, 0.3) is 11.0 Å². The fraction of sp³-hybridized carbons (Fsp3) is 0.250. The second-order valence-corrected chi connectivity index (χ2v) is 8.02. The lowest BCUT2D eigenvalue weighted by atomic mass is 10.2. The highest BCUT2D eigenvalue weighted by atomic mass is 32.2. The molecule has 0 saturated carbocycles. The van der Waals surface area contributed by atoms with Crippen molar-refractivity contribution in [3.63, 3.8) is 0 Å². The van der Waals surface area contributed by atoms with E-state index in [9.17, 15) is 26.0 Å². The molecule has 1 aliphatic rings. The summed E-state index contributed by atoms with van der Waals surface area (Å²) in [5.41, 5.74) is -0.482. The molecule has 4 heterocycles. The summed E-state index contributed by atoms with van der Waals surface area (Å²) in [6, 6.07) is 3.21. The summed E-state index contributed by atoms with van der Waals surface area (Å²) in [7, 11) is -3.90. The Hall–Kier alpha value is -2.73. The van der Waals surface area contributed by atoms with Crippen LogP contribution in [0.15, 0.2) is 29.4 Å². The Balaban J connectivity index is 1.60. The van der Waals surface area contributed by atoms with Crippen LogP contribution in [0.3, 0.4) is 0 Å². The van der Waals surface area contributed by atoms with Gasteiger partial charge in [-0.25, -0.2) is 13.4 Å². The number of nitrogens with one attached hydrogen (secondary N) is 1.